The molecule has 0 aliphatic carbocycles. The number of urea groups is 1. The summed E-state index contributed by atoms with van der Waals surface area (Å²) in [6.45, 7) is 13.9. The van der Waals surface area contributed by atoms with Crippen LogP contribution in [0.15, 0.2) is 24.3 Å². The summed E-state index contributed by atoms with van der Waals surface area (Å²) in [5, 5.41) is 3.00. The molecule has 8 heteroatoms. The number of anilines is 1. The fourth-order valence-corrected chi connectivity index (χ4v) is 5.06. The largest absolute Gasteiger partial charge is 0.444 e. The zero-order valence-electron chi connectivity index (χ0n) is 19.4. The minimum absolute atomic E-state index is 0.0195. The van der Waals surface area contributed by atoms with Gasteiger partial charge < -0.3 is 19.9 Å². The second-order valence-electron chi connectivity index (χ2n) is 9.51. The number of carbonyl (C=O) groups is 2. The molecule has 2 atom stereocenters. The molecule has 0 saturated carbocycles. The van der Waals surface area contributed by atoms with Gasteiger partial charge in [0.1, 0.15) is 5.60 Å². The van der Waals surface area contributed by atoms with E-state index in [9.17, 15) is 9.59 Å². The maximum absolute atomic E-state index is 12.6. The predicted molar refractivity (Wildman–Crippen MR) is 127 cm³/mol. The van der Waals surface area contributed by atoms with Crippen LogP contribution in [0.2, 0.25) is 0 Å². The normalized spacial score (nSPS) is 22.9. The molecule has 3 rings (SSSR count). The molecule has 1 aromatic rings. The van der Waals surface area contributed by atoms with E-state index in [-0.39, 0.29) is 24.2 Å². The number of hydrogen-bond acceptors (Lipinski definition) is 5. The first-order valence-corrected chi connectivity index (χ1v) is 12.2. The molecule has 2 fully saturated rings. The van der Waals surface area contributed by atoms with Crippen LogP contribution in [0.4, 0.5) is 15.3 Å². The van der Waals surface area contributed by atoms with Crippen molar-refractivity contribution in [1.82, 2.24) is 14.7 Å². The molecule has 0 bridgehead atoms. The number of ether oxygens (including phenoxy) is 1. The molecule has 0 unspecified atom stereocenters. The maximum atomic E-state index is 12.6. The number of rotatable bonds is 3. The number of nitrogens with one attached hydrogen (secondary N) is 1. The predicted octanol–water partition coefficient (Wildman–Crippen LogP) is 4.10. The number of benzene rings is 1. The van der Waals surface area contributed by atoms with E-state index in [4.69, 9.17) is 4.74 Å². The Balaban J connectivity index is 1.52. The molecule has 2 aliphatic rings. The van der Waals surface area contributed by atoms with Gasteiger partial charge in [0.05, 0.1) is 0 Å². The van der Waals surface area contributed by atoms with E-state index in [1.807, 2.05) is 54.5 Å². The lowest BCUT2D eigenvalue weighted by Gasteiger charge is -2.44. The first kappa shape index (κ1) is 23.7. The summed E-state index contributed by atoms with van der Waals surface area (Å²) in [4.78, 5) is 31.1. The van der Waals surface area contributed by atoms with Crippen molar-refractivity contribution in [2.24, 2.45) is 0 Å². The zero-order valence-corrected chi connectivity index (χ0v) is 20.2. The van der Waals surface area contributed by atoms with Gasteiger partial charge in [0, 0.05) is 62.0 Å². The third kappa shape index (κ3) is 6.77. The minimum Gasteiger partial charge on any atom is -0.444 e. The van der Waals surface area contributed by atoms with Gasteiger partial charge in [-0.3, -0.25) is 4.90 Å². The molecule has 0 aromatic heterocycles. The molecule has 3 amide bonds. The Kier molecular flexibility index (Phi) is 7.75. The van der Waals surface area contributed by atoms with Gasteiger partial charge in [-0.05, 0) is 52.3 Å². The molecule has 2 aliphatic heterocycles. The molecule has 2 saturated heterocycles. The molecule has 0 spiro atoms. The minimum atomic E-state index is -0.488. The highest BCUT2D eigenvalue weighted by atomic mass is 32.2. The molecular formula is C23H36N4O3S. The first-order valence-electron chi connectivity index (χ1n) is 11.1. The van der Waals surface area contributed by atoms with Crippen LogP contribution in [0, 0.1) is 0 Å². The van der Waals surface area contributed by atoms with E-state index >= 15 is 0 Å². The van der Waals surface area contributed by atoms with Gasteiger partial charge >= 0.3 is 12.1 Å². The Morgan fingerprint density at radius 1 is 1.06 bits per heavy atom. The summed E-state index contributed by atoms with van der Waals surface area (Å²) in [6, 6.07) is 8.22. The van der Waals surface area contributed by atoms with Crippen molar-refractivity contribution < 1.29 is 14.3 Å². The van der Waals surface area contributed by atoms with Crippen molar-refractivity contribution in [2.75, 3.05) is 43.0 Å². The van der Waals surface area contributed by atoms with Crippen LogP contribution in [0.5, 0.6) is 0 Å². The average Bonchev–Trinajstić information content (AvgIpc) is 2.68. The average molecular weight is 449 g/mol. The molecule has 31 heavy (non-hydrogen) atoms. The van der Waals surface area contributed by atoms with Gasteiger partial charge in [0.25, 0.3) is 0 Å². The smallest absolute Gasteiger partial charge is 0.410 e. The van der Waals surface area contributed by atoms with E-state index in [1.165, 1.54) is 5.56 Å². The van der Waals surface area contributed by atoms with E-state index in [0.29, 0.717) is 0 Å². The Morgan fingerprint density at radius 3 is 2.19 bits per heavy atom. The van der Waals surface area contributed by atoms with Crippen LogP contribution in [0.3, 0.4) is 0 Å². The van der Waals surface area contributed by atoms with Crippen molar-refractivity contribution >= 4 is 29.6 Å². The van der Waals surface area contributed by atoms with Gasteiger partial charge in [-0.1, -0.05) is 12.1 Å². The Hall–Kier alpha value is -1.93. The number of carbonyl (C=O) groups excluding carboxylic acids is 2. The highest BCUT2D eigenvalue weighted by Crippen LogP contribution is 2.22. The van der Waals surface area contributed by atoms with Gasteiger partial charge in [0.2, 0.25) is 0 Å². The van der Waals surface area contributed by atoms with Crippen LogP contribution in [0.25, 0.3) is 0 Å². The standard InChI is InChI=1S/C23H36N4O3S/c1-17-14-25(15-18(2)27(17)22(29)30-23(3,4)5)16-19-6-8-20(9-7-19)24-21(28)26-10-12-31-13-11-26/h6-9,17-18H,10-16H2,1-5H3,(H,24,28)/t17-,18+. The molecule has 2 heterocycles. The van der Waals surface area contributed by atoms with Crippen molar-refractivity contribution in [3.8, 4) is 0 Å². The van der Waals surface area contributed by atoms with Crippen molar-refractivity contribution in [2.45, 2.75) is 58.8 Å². The fourth-order valence-electron chi connectivity index (χ4n) is 4.16. The number of nitrogens with zero attached hydrogens (tertiary/aromatic N) is 3. The van der Waals surface area contributed by atoms with Crippen LogP contribution in [-0.2, 0) is 11.3 Å². The summed E-state index contributed by atoms with van der Waals surface area (Å²) >= 11 is 1.89. The second kappa shape index (κ2) is 10.1. The Bertz CT molecular complexity index is 747. The molecule has 7 nitrogen and oxygen atoms in total. The summed E-state index contributed by atoms with van der Waals surface area (Å²) < 4.78 is 5.59. The van der Waals surface area contributed by atoms with E-state index in [0.717, 1.165) is 49.9 Å². The quantitative estimate of drug-likeness (QED) is 0.754. The molecule has 0 radical (unpaired) electrons. The lowest BCUT2D eigenvalue weighted by molar-refractivity contribution is -0.0162. The first-order chi connectivity index (χ1) is 14.6. The van der Waals surface area contributed by atoms with Gasteiger partial charge in [0.15, 0.2) is 0 Å². The van der Waals surface area contributed by atoms with E-state index in [1.54, 1.807) is 0 Å². The van der Waals surface area contributed by atoms with E-state index < -0.39 is 5.60 Å². The SMILES string of the molecule is C[C@@H]1CN(Cc2ccc(NC(=O)N3CCSCC3)cc2)C[C@H](C)N1C(=O)OC(C)(C)C. The summed E-state index contributed by atoms with van der Waals surface area (Å²) in [5.74, 6) is 2.01. The third-order valence-corrected chi connectivity index (χ3v) is 6.45. The second-order valence-corrected chi connectivity index (χ2v) is 10.7. The van der Waals surface area contributed by atoms with Crippen molar-refractivity contribution in [3.63, 3.8) is 0 Å². The number of thioether (sulfide) groups is 1. The lowest BCUT2D eigenvalue weighted by atomic mass is 10.1. The van der Waals surface area contributed by atoms with Crippen molar-refractivity contribution in [1.29, 1.82) is 0 Å². The lowest BCUT2D eigenvalue weighted by Crippen LogP contribution is -2.59. The number of piperazine rings is 1. The third-order valence-electron chi connectivity index (χ3n) is 5.51. The summed E-state index contributed by atoms with van der Waals surface area (Å²) in [5.41, 5.74) is 1.53. The van der Waals surface area contributed by atoms with E-state index in [2.05, 4.69) is 36.2 Å². The number of amides is 3. The Labute approximate surface area is 190 Å². The molecule has 172 valence electrons. The number of hydrogen-bond donors (Lipinski definition) is 1. The van der Waals surface area contributed by atoms with Crippen molar-refractivity contribution in [3.05, 3.63) is 29.8 Å². The fraction of sp³-hybridized carbons (Fsp3) is 0.652. The monoisotopic (exact) mass is 448 g/mol. The topological polar surface area (TPSA) is 65.1 Å². The highest BCUT2D eigenvalue weighted by molar-refractivity contribution is 7.99. The van der Waals surface area contributed by atoms with Gasteiger partial charge in [-0.25, -0.2) is 9.59 Å². The molecule has 1 aromatic carbocycles. The Morgan fingerprint density at radius 2 is 1.65 bits per heavy atom. The maximum Gasteiger partial charge on any atom is 0.410 e. The molecule has 1 N–H and O–H groups in total. The van der Waals surface area contributed by atoms with Gasteiger partial charge in [-0.15, -0.1) is 0 Å². The van der Waals surface area contributed by atoms with Crippen LogP contribution < -0.4 is 5.32 Å². The summed E-state index contributed by atoms with van der Waals surface area (Å²) in [7, 11) is 0. The molecular weight excluding hydrogens is 412 g/mol. The van der Waals surface area contributed by atoms with Gasteiger partial charge in [-0.2, -0.15) is 11.8 Å². The van der Waals surface area contributed by atoms with Crippen LogP contribution >= 0.6 is 11.8 Å². The summed E-state index contributed by atoms with van der Waals surface area (Å²) in [6.07, 6.45) is -0.237. The highest BCUT2D eigenvalue weighted by Gasteiger charge is 2.35. The zero-order chi connectivity index (χ0) is 22.6. The van der Waals surface area contributed by atoms with Crippen LogP contribution in [0.1, 0.15) is 40.2 Å². The van der Waals surface area contributed by atoms with Crippen LogP contribution in [-0.4, -0.2) is 82.2 Å².